The van der Waals surface area contributed by atoms with E-state index in [1.807, 2.05) is 0 Å². The molecule has 3 aromatic carbocycles. The Hall–Kier alpha value is -4.72. The van der Waals surface area contributed by atoms with Crippen molar-refractivity contribution >= 4 is 23.9 Å². The summed E-state index contributed by atoms with van der Waals surface area (Å²) in [6.45, 7) is 5.91. The highest BCUT2D eigenvalue weighted by Crippen LogP contribution is 2.34. The van der Waals surface area contributed by atoms with E-state index in [1.54, 1.807) is 54.6 Å². The van der Waals surface area contributed by atoms with Crippen LogP contribution in [0.2, 0.25) is 0 Å². The number of benzene rings is 3. The normalized spacial score (nSPS) is 10.7. The van der Waals surface area contributed by atoms with Crippen LogP contribution in [0, 0.1) is 5.41 Å². The lowest BCUT2D eigenvalue weighted by Gasteiger charge is -2.27. The fraction of sp³-hybridized carbons (Fsp3) is 0.250. The monoisotopic (exact) mass is 544 g/mol. The van der Waals surface area contributed by atoms with Gasteiger partial charge in [-0.15, -0.1) is 0 Å². The zero-order valence-electron chi connectivity index (χ0n) is 22.4. The largest absolute Gasteiger partial charge is 0.462 e. The van der Waals surface area contributed by atoms with E-state index in [4.69, 9.17) is 18.9 Å². The minimum atomic E-state index is -2.75. The van der Waals surface area contributed by atoms with Crippen LogP contribution in [0.5, 0.6) is 17.2 Å². The molecule has 208 valence electrons. The first-order chi connectivity index (χ1) is 19.4. The third-order valence-corrected chi connectivity index (χ3v) is 5.90. The van der Waals surface area contributed by atoms with Gasteiger partial charge in [-0.05, 0) is 42.8 Å². The Kier molecular flexibility index (Phi) is 11.2. The van der Waals surface area contributed by atoms with Crippen molar-refractivity contribution in [1.29, 1.82) is 0 Å². The van der Waals surface area contributed by atoms with Crippen LogP contribution < -0.4 is 14.2 Å². The fourth-order valence-electron chi connectivity index (χ4n) is 3.70. The summed E-state index contributed by atoms with van der Waals surface area (Å²) in [6.07, 6.45) is 2.73. The predicted molar refractivity (Wildman–Crippen MR) is 148 cm³/mol. The molecule has 0 heterocycles. The van der Waals surface area contributed by atoms with Crippen molar-refractivity contribution in [3.8, 4) is 17.2 Å². The summed E-state index contributed by atoms with van der Waals surface area (Å²) in [4.78, 5) is 54.1. The summed E-state index contributed by atoms with van der Waals surface area (Å²) in [5.74, 6) is -4.52. The lowest BCUT2D eigenvalue weighted by molar-refractivity contribution is -0.171. The Morgan fingerprint density at radius 2 is 1.02 bits per heavy atom. The number of rotatable bonds is 14. The second kappa shape index (κ2) is 15.0. The maximum absolute atomic E-state index is 13.8. The molecule has 0 aliphatic rings. The summed E-state index contributed by atoms with van der Waals surface area (Å²) in [5, 5.41) is 0. The van der Waals surface area contributed by atoms with E-state index in [0.29, 0.717) is 6.42 Å². The maximum Gasteiger partial charge on any atom is 0.340 e. The summed E-state index contributed by atoms with van der Waals surface area (Å²) < 4.78 is 21.7. The number of hydrogen-bond acceptors (Lipinski definition) is 8. The van der Waals surface area contributed by atoms with Gasteiger partial charge in [0.05, 0.1) is 6.61 Å². The summed E-state index contributed by atoms with van der Waals surface area (Å²) >= 11 is 0. The highest BCUT2D eigenvalue weighted by atomic mass is 16.6. The molecule has 0 saturated carbocycles. The van der Waals surface area contributed by atoms with Crippen LogP contribution >= 0.6 is 0 Å². The molecule has 0 saturated heterocycles. The van der Waals surface area contributed by atoms with Gasteiger partial charge < -0.3 is 18.9 Å². The van der Waals surface area contributed by atoms with Gasteiger partial charge in [-0.1, -0.05) is 87.4 Å². The SMILES string of the molecule is C=C(CC(C(=O)Oc1ccccc1)(C(=O)Oc1ccccc1)C(=O)Oc1ccccc1)C(=O)OCCCCCC. The lowest BCUT2D eigenvalue weighted by atomic mass is 9.81. The van der Waals surface area contributed by atoms with Gasteiger partial charge in [-0.2, -0.15) is 0 Å². The fourth-order valence-corrected chi connectivity index (χ4v) is 3.70. The Morgan fingerprint density at radius 3 is 1.40 bits per heavy atom. The number of carbonyl (C=O) groups is 4. The van der Waals surface area contributed by atoms with Crippen molar-refractivity contribution in [2.24, 2.45) is 5.41 Å². The van der Waals surface area contributed by atoms with Crippen LogP contribution in [-0.4, -0.2) is 30.5 Å². The smallest absolute Gasteiger partial charge is 0.340 e. The standard InChI is InChI=1S/C32H32O8/c1-3-4-5-15-22-37-28(33)24(2)23-32(29(34)38-25-16-9-6-10-17-25,30(35)39-26-18-11-7-12-19-26)31(36)40-27-20-13-8-14-21-27/h6-14,16-21H,2-5,15,22-23H2,1H3. The summed E-state index contributed by atoms with van der Waals surface area (Å²) in [6, 6.07) is 23.7. The van der Waals surface area contributed by atoms with Gasteiger partial charge in [0, 0.05) is 12.0 Å². The van der Waals surface area contributed by atoms with E-state index in [1.165, 1.54) is 36.4 Å². The molecule has 0 atom stereocenters. The van der Waals surface area contributed by atoms with Gasteiger partial charge in [0.2, 0.25) is 0 Å². The highest BCUT2D eigenvalue weighted by molar-refractivity contribution is 6.20. The number of esters is 4. The number of para-hydroxylation sites is 3. The molecule has 3 rings (SSSR count). The minimum Gasteiger partial charge on any atom is -0.462 e. The van der Waals surface area contributed by atoms with E-state index in [9.17, 15) is 19.2 Å². The molecule has 0 radical (unpaired) electrons. The Morgan fingerprint density at radius 1 is 0.625 bits per heavy atom. The number of carbonyl (C=O) groups excluding carboxylic acids is 4. The average Bonchev–Trinajstić information content (AvgIpc) is 2.97. The topological polar surface area (TPSA) is 105 Å². The molecule has 3 aromatic rings. The van der Waals surface area contributed by atoms with Crippen molar-refractivity contribution in [3.05, 3.63) is 103 Å². The zero-order valence-corrected chi connectivity index (χ0v) is 22.4. The Labute approximate surface area is 233 Å². The van der Waals surface area contributed by atoms with E-state index in [2.05, 4.69) is 13.5 Å². The quantitative estimate of drug-likeness (QED) is 0.0817. The third kappa shape index (κ3) is 8.14. The van der Waals surface area contributed by atoms with Gasteiger partial charge in [0.25, 0.3) is 5.41 Å². The first-order valence-corrected chi connectivity index (χ1v) is 13.0. The minimum absolute atomic E-state index is 0.0704. The van der Waals surface area contributed by atoms with Crippen molar-refractivity contribution in [3.63, 3.8) is 0 Å². The molecule has 0 aliphatic carbocycles. The van der Waals surface area contributed by atoms with Crippen LogP contribution in [0.15, 0.2) is 103 Å². The summed E-state index contributed by atoms with van der Waals surface area (Å²) in [7, 11) is 0. The zero-order chi connectivity index (χ0) is 28.8. The van der Waals surface area contributed by atoms with E-state index in [-0.39, 0.29) is 29.4 Å². The van der Waals surface area contributed by atoms with Crippen LogP contribution in [0.4, 0.5) is 0 Å². The molecule has 8 heteroatoms. The first-order valence-electron chi connectivity index (χ1n) is 13.0. The van der Waals surface area contributed by atoms with Crippen molar-refractivity contribution in [1.82, 2.24) is 0 Å². The Balaban J connectivity index is 1.98. The molecule has 0 amide bonds. The summed E-state index contributed by atoms with van der Waals surface area (Å²) in [5.41, 5.74) is -3.05. The molecule has 8 nitrogen and oxygen atoms in total. The molecule has 0 N–H and O–H groups in total. The molecule has 0 fully saturated rings. The van der Waals surface area contributed by atoms with Gasteiger partial charge in [-0.25, -0.2) is 19.2 Å². The highest BCUT2D eigenvalue weighted by Gasteiger charge is 2.59. The van der Waals surface area contributed by atoms with Crippen molar-refractivity contribution < 1.29 is 38.1 Å². The average molecular weight is 545 g/mol. The number of ether oxygens (including phenoxy) is 4. The van der Waals surface area contributed by atoms with Crippen molar-refractivity contribution in [2.75, 3.05) is 6.61 Å². The molecular formula is C32H32O8. The van der Waals surface area contributed by atoms with Gasteiger partial charge in [0.15, 0.2) is 0 Å². The number of hydrogen-bond donors (Lipinski definition) is 0. The molecule has 0 aromatic heterocycles. The van der Waals surface area contributed by atoms with E-state index in [0.717, 1.165) is 19.3 Å². The Bertz CT molecular complexity index is 1160. The molecule has 0 aliphatic heterocycles. The molecule has 40 heavy (non-hydrogen) atoms. The second-order valence-electron chi connectivity index (χ2n) is 8.99. The van der Waals surface area contributed by atoms with Crippen LogP contribution in [0.1, 0.15) is 39.0 Å². The van der Waals surface area contributed by atoms with E-state index < -0.39 is 35.7 Å². The van der Waals surface area contributed by atoms with Gasteiger partial charge >= 0.3 is 23.9 Å². The van der Waals surface area contributed by atoms with E-state index >= 15 is 0 Å². The maximum atomic E-state index is 13.8. The lowest BCUT2D eigenvalue weighted by Crippen LogP contribution is -2.53. The molecule has 0 spiro atoms. The third-order valence-electron chi connectivity index (χ3n) is 5.90. The first kappa shape index (κ1) is 29.8. The predicted octanol–water partition coefficient (Wildman–Crippen LogP) is 5.86. The molecule has 0 bridgehead atoms. The van der Waals surface area contributed by atoms with Crippen molar-refractivity contribution in [2.45, 2.75) is 39.0 Å². The second-order valence-corrected chi connectivity index (χ2v) is 8.99. The van der Waals surface area contributed by atoms with Gasteiger partial charge in [0.1, 0.15) is 17.2 Å². The van der Waals surface area contributed by atoms with Crippen LogP contribution in [0.25, 0.3) is 0 Å². The van der Waals surface area contributed by atoms with Crippen LogP contribution in [0.3, 0.4) is 0 Å². The molecular weight excluding hydrogens is 512 g/mol. The van der Waals surface area contributed by atoms with Crippen LogP contribution in [-0.2, 0) is 23.9 Å². The number of unbranched alkanes of at least 4 members (excludes halogenated alkanes) is 3. The molecule has 0 unspecified atom stereocenters. The van der Waals surface area contributed by atoms with Gasteiger partial charge in [-0.3, -0.25) is 0 Å².